The van der Waals surface area contributed by atoms with Gasteiger partial charge in [0.25, 0.3) is 0 Å². The first-order chi connectivity index (χ1) is 7.95. The molecule has 1 rings (SSSR count). The van der Waals surface area contributed by atoms with Gasteiger partial charge in [0.15, 0.2) is 0 Å². The van der Waals surface area contributed by atoms with E-state index in [-0.39, 0.29) is 18.3 Å². The number of benzene rings is 1. The molecule has 0 fully saturated rings. The van der Waals surface area contributed by atoms with Crippen LogP contribution < -0.4 is 11.1 Å². The van der Waals surface area contributed by atoms with Crippen LogP contribution in [0.4, 0.5) is 5.69 Å². The molecule has 0 bridgehead atoms. The first-order valence-corrected chi connectivity index (χ1v) is 5.21. The van der Waals surface area contributed by atoms with E-state index in [0.717, 1.165) is 5.56 Å². The molecule has 0 aliphatic heterocycles. The molecule has 1 aromatic rings. The summed E-state index contributed by atoms with van der Waals surface area (Å²) < 4.78 is 4.61. The third-order valence-electron chi connectivity index (χ3n) is 2.33. The van der Waals surface area contributed by atoms with Crippen molar-refractivity contribution in [2.24, 2.45) is 5.73 Å². The molecule has 0 spiro atoms. The number of esters is 1. The molecule has 6 heteroatoms. The third-order valence-corrected chi connectivity index (χ3v) is 2.33. The number of methoxy groups -OCH3 is 1. The first kappa shape index (κ1) is 16.4. The molecule has 1 amide bonds. The summed E-state index contributed by atoms with van der Waals surface area (Å²) in [6, 6.07) is 4.35. The van der Waals surface area contributed by atoms with Gasteiger partial charge in [-0.3, -0.25) is 4.79 Å². The molecule has 0 unspecified atom stereocenters. The summed E-state index contributed by atoms with van der Waals surface area (Å²) in [4.78, 5) is 22.8. The van der Waals surface area contributed by atoms with E-state index in [1.54, 1.807) is 25.1 Å². The Morgan fingerprint density at radius 2 is 2.00 bits per heavy atom. The zero-order valence-corrected chi connectivity index (χ0v) is 11.3. The monoisotopic (exact) mass is 272 g/mol. The van der Waals surface area contributed by atoms with Gasteiger partial charge in [0.2, 0.25) is 5.91 Å². The number of carbonyl (C=O) groups is 2. The number of rotatable bonds is 3. The Morgan fingerprint density at radius 1 is 1.39 bits per heavy atom. The molecular formula is C12H17ClN2O3. The fourth-order valence-corrected chi connectivity index (χ4v) is 1.25. The Labute approximate surface area is 112 Å². The van der Waals surface area contributed by atoms with E-state index >= 15 is 0 Å². The molecule has 1 atom stereocenters. The van der Waals surface area contributed by atoms with Crippen molar-refractivity contribution in [3.63, 3.8) is 0 Å². The number of anilines is 1. The summed E-state index contributed by atoms with van der Waals surface area (Å²) in [5, 5.41) is 2.66. The van der Waals surface area contributed by atoms with Crippen LogP contribution >= 0.6 is 12.4 Å². The van der Waals surface area contributed by atoms with Gasteiger partial charge in [-0.15, -0.1) is 12.4 Å². The van der Waals surface area contributed by atoms with Crippen molar-refractivity contribution in [2.45, 2.75) is 19.9 Å². The van der Waals surface area contributed by atoms with E-state index in [1.165, 1.54) is 7.11 Å². The second-order valence-corrected chi connectivity index (χ2v) is 3.80. The van der Waals surface area contributed by atoms with Gasteiger partial charge in [-0.05, 0) is 31.5 Å². The van der Waals surface area contributed by atoms with Crippen molar-refractivity contribution < 1.29 is 14.3 Å². The quantitative estimate of drug-likeness (QED) is 0.817. The minimum absolute atomic E-state index is 0. The van der Waals surface area contributed by atoms with Crippen molar-refractivity contribution >= 4 is 30.0 Å². The van der Waals surface area contributed by atoms with Crippen molar-refractivity contribution in [1.82, 2.24) is 0 Å². The maximum atomic E-state index is 11.5. The van der Waals surface area contributed by atoms with Crippen molar-refractivity contribution in [3.05, 3.63) is 29.3 Å². The van der Waals surface area contributed by atoms with Crippen LogP contribution in [0.3, 0.4) is 0 Å². The maximum absolute atomic E-state index is 11.5. The molecule has 18 heavy (non-hydrogen) atoms. The highest BCUT2D eigenvalue weighted by Crippen LogP contribution is 2.17. The lowest BCUT2D eigenvalue weighted by Crippen LogP contribution is -2.32. The van der Waals surface area contributed by atoms with Gasteiger partial charge in [0, 0.05) is 5.69 Å². The highest BCUT2D eigenvalue weighted by molar-refractivity contribution is 5.97. The highest BCUT2D eigenvalue weighted by Gasteiger charge is 2.12. The largest absolute Gasteiger partial charge is 0.465 e. The maximum Gasteiger partial charge on any atom is 0.337 e. The minimum atomic E-state index is -0.601. The Kier molecular flexibility index (Phi) is 6.36. The van der Waals surface area contributed by atoms with Crippen molar-refractivity contribution in [1.29, 1.82) is 0 Å². The van der Waals surface area contributed by atoms with Crippen LogP contribution in [0.15, 0.2) is 18.2 Å². The number of nitrogens with one attached hydrogen (secondary N) is 1. The van der Waals surface area contributed by atoms with Crippen LogP contribution in [0.1, 0.15) is 22.8 Å². The molecule has 0 aliphatic rings. The lowest BCUT2D eigenvalue weighted by molar-refractivity contribution is -0.117. The van der Waals surface area contributed by atoms with Crippen LogP contribution in [0.5, 0.6) is 0 Å². The van der Waals surface area contributed by atoms with Gasteiger partial charge in [-0.25, -0.2) is 4.79 Å². The number of nitrogens with two attached hydrogens (primary N) is 1. The molecule has 100 valence electrons. The summed E-state index contributed by atoms with van der Waals surface area (Å²) in [6.45, 7) is 3.42. The predicted molar refractivity (Wildman–Crippen MR) is 72.0 cm³/mol. The summed E-state index contributed by atoms with van der Waals surface area (Å²) in [6.07, 6.45) is 0. The summed E-state index contributed by atoms with van der Waals surface area (Å²) in [5.41, 5.74) is 7.26. The smallest absolute Gasteiger partial charge is 0.337 e. The number of carbonyl (C=O) groups excluding carboxylic acids is 2. The highest BCUT2D eigenvalue weighted by atomic mass is 35.5. The van der Waals surface area contributed by atoms with Gasteiger partial charge in [0.1, 0.15) is 0 Å². The minimum Gasteiger partial charge on any atom is -0.465 e. The van der Waals surface area contributed by atoms with E-state index in [9.17, 15) is 9.59 Å². The molecule has 0 aromatic heterocycles. The standard InChI is InChI=1S/C12H16N2O3.ClH/c1-7-4-5-9(12(16)17-3)6-10(7)14-11(15)8(2)13;/h4-6,8H,13H2,1-3H3,(H,14,15);1H/t8-;/m0./s1. The van der Waals surface area contributed by atoms with Crippen LogP contribution in [-0.4, -0.2) is 25.0 Å². The van der Waals surface area contributed by atoms with Crippen molar-refractivity contribution in [2.75, 3.05) is 12.4 Å². The lowest BCUT2D eigenvalue weighted by atomic mass is 10.1. The SMILES string of the molecule is COC(=O)c1ccc(C)c(NC(=O)[C@H](C)N)c1.Cl. The second-order valence-electron chi connectivity index (χ2n) is 3.80. The number of aryl methyl sites for hydroxylation is 1. The zero-order chi connectivity index (χ0) is 13.0. The first-order valence-electron chi connectivity index (χ1n) is 5.21. The molecule has 0 saturated carbocycles. The molecular weight excluding hydrogens is 256 g/mol. The Morgan fingerprint density at radius 3 is 2.50 bits per heavy atom. The third kappa shape index (κ3) is 4.01. The van der Waals surface area contributed by atoms with E-state index in [0.29, 0.717) is 11.3 Å². The fraction of sp³-hybridized carbons (Fsp3) is 0.333. The molecule has 0 aliphatic carbocycles. The van der Waals surface area contributed by atoms with Crippen LogP contribution in [0.2, 0.25) is 0 Å². The zero-order valence-electron chi connectivity index (χ0n) is 10.5. The molecule has 0 radical (unpaired) electrons. The predicted octanol–water partition coefficient (Wildman–Crippen LogP) is 1.49. The van der Waals surface area contributed by atoms with Crippen LogP contribution in [-0.2, 0) is 9.53 Å². The Balaban J connectivity index is 0.00000289. The van der Waals surface area contributed by atoms with Gasteiger partial charge in [-0.2, -0.15) is 0 Å². The number of halogens is 1. The number of ether oxygens (including phenoxy) is 1. The summed E-state index contributed by atoms with van der Waals surface area (Å²) in [7, 11) is 1.31. The van der Waals surface area contributed by atoms with Gasteiger partial charge >= 0.3 is 5.97 Å². The Bertz CT molecular complexity index is 447. The average molecular weight is 273 g/mol. The average Bonchev–Trinajstić information content (AvgIpc) is 2.30. The molecule has 0 saturated heterocycles. The number of hydrogen-bond acceptors (Lipinski definition) is 4. The number of hydrogen-bond donors (Lipinski definition) is 2. The van der Waals surface area contributed by atoms with E-state index in [4.69, 9.17) is 5.73 Å². The number of amides is 1. The topological polar surface area (TPSA) is 81.4 Å². The van der Waals surface area contributed by atoms with Gasteiger partial charge < -0.3 is 15.8 Å². The van der Waals surface area contributed by atoms with Crippen LogP contribution in [0, 0.1) is 6.92 Å². The van der Waals surface area contributed by atoms with Crippen LogP contribution in [0.25, 0.3) is 0 Å². The molecule has 5 nitrogen and oxygen atoms in total. The van der Waals surface area contributed by atoms with E-state index in [2.05, 4.69) is 10.1 Å². The Hall–Kier alpha value is -1.59. The second kappa shape index (κ2) is 6.98. The van der Waals surface area contributed by atoms with E-state index < -0.39 is 12.0 Å². The molecule has 3 N–H and O–H groups in total. The summed E-state index contributed by atoms with van der Waals surface area (Å²) in [5.74, 6) is -0.739. The molecule has 1 aromatic carbocycles. The lowest BCUT2D eigenvalue weighted by Gasteiger charge is -2.11. The fourth-order valence-electron chi connectivity index (χ4n) is 1.25. The van der Waals surface area contributed by atoms with Crippen molar-refractivity contribution in [3.8, 4) is 0 Å². The molecule has 0 heterocycles. The normalized spacial score (nSPS) is 11.1. The van der Waals surface area contributed by atoms with E-state index in [1.807, 2.05) is 6.92 Å². The van der Waals surface area contributed by atoms with Gasteiger partial charge in [0.05, 0.1) is 18.7 Å². The summed E-state index contributed by atoms with van der Waals surface area (Å²) >= 11 is 0. The van der Waals surface area contributed by atoms with Gasteiger partial charge in [-0.1, -0.05) is 6.07 Å².